The van der Waals surface area contributed by atoms with Crippen molar-refractivity contribution in [2.24, 2.45) is 0 Å². The highest BCUT2D eigenvalue weighted by molar-refractivity contribution is 7.86. The normalized spacial score (nSPS) is 22.0. The van der Waals surface area contributed by atoms with Crippen molar-refractivity contribution in [3.8, 4) is 0 Å². The van der Waals surface area contributed by atoms with Gasteiger partial charge in [-0.25, -0.2) is 0 Å². The highest BCUT2D eigenvalue weighted by Gasteiger charge is 2.31. The summed E-state index contributed by atoms with van der Waals surface area (Å²) in [6.07, 6.45) is 6.43. The molecule has 0 aromatic heterocycles. The number of ether oxygens (including phenoxy) is 1. The summed E-state index contributed by atoms with van der Waals surface area (Å²) in [5.74, 6) is 0.319. The van der Waals surface area contributed by atoms with Crippen LogP contribution in [0.2, 0.25) is 0 Å². The topological polar surface area (TPSA) is 72.8 Å². The minimum atomic E-state index is -4.03. The third-order valence-electron chi connectivity index (χ3n) is 5.77. The first-order valence-electron chi connectivity index (χ1n) is 11.4. The van der Waals surface area contributed by atoms with E-state index in [4.69, 9.17) is 8.92 Å². The standard InChI is InChI=1S/C26H38O5S/c1-8-19(7)10-11-22-12-13-24(27)25(31-22)16-30-32(28,29)26-20(9-2)14-21(17(3)4)15-23(26)18(5)6/h8,10,12-15,17-18,22,24-25,27H,1,9,11,16H2,2-7H3/b19-10+/t22-,24-,25+/m0/s1. The van der Waals surface area contributed by atoms with Gasteiger partial charge >= 0.3 is 0 Å². The zero-order valence-electron chi connectivity index (χ0n) is 20.2. The second-order valence-corrected chi connectivity index (χ2v) is 10.5. The third-order valence-corrected chi connectivity index (χ3v) is 7.22. The molecule has 2 rings (SSSR count). The molecule has 3 atom stereocenters. The Kier molecular flexibility index (Phi) is 9.46. The molecule has 178 valence electrons. The van der Waals surface area contributed by atoms with Gasteiger partial charge in [0.25, 0.3) is 10.1 Å². The van der Waals surface area contributed by atoms with Crippen LogP contribution in [-0.4, -0.2) is 38.4 Å². The number of aryl methyl sites for hydroxylation is 1. The molecule has 1 aliphatic heterocycles. The van der Waals surface area contributed by atoms with Gasteiger partial charge in [-0.3, -0.25) is 4.18 Å². The zero-order valence-corrected chi connectivity index (χ0v) is 21.0. The van der Waals surface area contributed by atoms with E-state index in [1.165, 1.54) is 0 Å². The van der Waals surface area contributed by atoms with E-state index in [-0.39, 0.29) is 23.5 Å². The second kappa shape index (κ2) is 11.4. The van der Waals surface area contributed by atoms with Crippen molar-refractivity contribution in [2.75, 3.05) is 6.61 Å². The first kappa shape index (κ1) is 26.5. The molecule has 6 heteroatoms. The first-order valence-corrected chi connectivity index (χ1v) is 12.8. The Balaban J connectivity index is 2.26. The largest absolute Gasteiger partial charge is 0.386 e. The summed E-state index contributed by atoms with van der Waals surface area (Å²) in [7, 11) is -4.03. The lowest BCUT2D eigenvalue weighted by atomic mass is 9.92. The summed E-state index contributed by atoms with van der Waals surface area (Å²) >= 11 is 0. The molecular formula is C26H38O5S. The molecule has 0 spiro atoms. The van der Waals surface area contributed by atoms with Crippen LogP contribution in [0, 0.1) is 0 Å². The summed E-state index contributed by atoms with van der Waals surface area (Å²) in [6, 6.07) is 3.94. The fraction of sp³-hybridized carbons (Fsp3) is 0.538. The monoisotopic (exact) mass is 462 g/mol. The Morgan fingerprint density at radius 3 is 2.47 bits per heavy atom. The maximum absolute atomic E-state index is 13.3. The van der Waals surface area contributed by atoms with Crippen LogP contribution < -0.4 is 0 Å². The van der Waals surface area contributed by atoms with Gasteiger partial charge in [-0.1, -0.05) is 83.2 Å². The summed E-state index contributed by atoms with van der Waals surface area (Å²) in [5.41, 5.74) is 3.67. The molecule has 1 heterocycles. The maximum atomic E-state index is 13.3. The Morgan fingerprint density at radius 1 is 1.22 bits per heavy atom. The van der Waals surface area contributed by atoms with Crippen molar-refractivity contribution >= 4 is 10.1 Å². The van der Waals surface area contributed by atoms with E-state index in [2.05, 4.69) is 20.4 Å². The highest BCUT2D eigenvalue weighted by atomic mass is 32.2. The molecule has 0 radical (unpaired) electrons. The second-order valence-electron chi connectivity index (χ2n) is 8.98. The van der Waals surface area contributed by atoms with Crippen LogP contribution in [-0.2, 0) is 25.5 Å². The van der Waals surface area contributed by atoms with Crippen molar-refractivity contribution in [1.82, 2.24) is 0 Å². The van der Waals surface area contributed by atoms with Gasteiger partial charge in [-0.15, -0.1) is 0 Å². The van der Waals surface area contributed by atoms with E-state index in [0.717, 1.165) is 22.3 Å². The number of aliphatic hydroxyl groups excluding tert-OH is 1. The van der Waals surface area contributed by atoms with Crippen molar-refractivity contribution in [3.05, 3.63) is 65.3 Å². The van der Waals surface area contributed by atoms with Crippen molar-refractivity contribution < 1.29 is 22.4 Å². The van der Waals surface area contributed by atoms with E-state index in [1.54, 1.807) is 18.2 Å². The summed E-state index contributed by atoms with van der Waals surface area (Å²) < 4.78 is 38.0. The molecule has 0 fully saturated rings. The van der Waals surface area contributed by atoms with Crippen molar-refractivity contribution in [2.45, 2.75) is 89.4 Å². The lowest BCUT2D eigenvalue weighted by Gasteiger charge is -2.29. The average Bonchev–Trinajstić information content (AvgIpc) is 2.76. The molecule has 0 unspecified atom stereocenters. The molecule has 0 saturated carbocycles. The fourth-order valence-corrected chi connectivity index (χ4v) is 5.19. The van der Waals surface area contributed by atoms with Gasteiger partial charge in [0.15, 0.2) is 0 Å². The van der Waals surface area contributed by atoms with Gasteiger partial charge in [0, 0.05) is 0 Å². The van der Waals surface area contributed by atoms with E-state index in [1.807, 2.05) is 45.9 Å². The number of hydrogen-bond donors (Lipinski definition) is 1. The van der Waals surface area contributed by atoms with Gasteiger partial charge in [0.2, 0.25) is 0 Å². The molecule has 32 heavy (non-hydrogen) atoms. The lowest BCUT2D eigenvalue weighted by molar-refractivity contribution is -0.0725. The minimum Gasteiger partial charge on any atom is -0.386 e. The van der Waals surface area contributed by atoms with Crippen LogP contribution >= 0.6 is 0 Å². The van der Waals surface area contributed by atoms with Gasteiger partial charge < -0.3 is 9.84 Å². The number of rotatable bonds is 10. The minimum absolute atomic E-state index is 0.0242. The lowest BCUT2D eigenvalue weighted by Crippen LogP contribution is -2.39. The zero-order chi connectivity index (χ0) is 24.1. The average molecular weight is 463 g/mol. The van der Waals surface area contributed by atoms with Gasteiger partial charge in [0.05, 0.1) is 12.7 Å². The molecule has 1 aromatic carbocycles. The molecule has 0 aliphatic carbocycles. The Hall–Kier alpha value is -1.73. The molecule has 1 N–H and O–H groups in total. The molecule has 1 aromatic rings. The first-order chi connectivity index (χ1) is 15.0. The quantitative estimate of drug-likeness (QED) is 0.286. The molecule has 1 aliphatic rings. The van der Waals surface area contributed by atoms with Crippen LogP contribution in [0.15, 0.2) is 53.5 Å². The fourth-order valence-electron chi connectivity index (χ4n) is 3.65. The number of allylic oxidation sites excluding steroid dienone is 2. The summed E-state index contributed by atoms with van der Waals surface area (Å²) in [6.45, 7) is 15.5. The Bertz CT molecular complexity index is 957. The third kappa shape index (κ3) is 6.64. The van der Waals surface area contributed by atoms with Crippen LogP contribution in [0.25, 0.3) is 0 Å². The Labute approximate surface area is 194 Å². The van der Waals surface area contributed by atoms with Gasteiger partial charge in [-0.2, -0.15) is 8.42 Å². The van der Waals surface area contributed by atoms with Gasteiger partial charge in [0.1, 0.15) is 17.1 Å². The number of hydrogen-bond acceptors (Lipinski definition) is 5. The highest BCUT2D eigenvalue weighted by Crippen LogP contribution is 2.33. The number of aliphatic hydroxyl groups is 1. The predicted octanol–water partition coefficient (Wildman–Crippen LogP) is 5.41. The molecule has 0 bridgehead atoms. The maximum Gasteiger partial charge on any atom is 0.297 e. The van der Waals surface area contributed by atoms with Crippen molar-refractivity contribution in [1.29, 1.82) is 0 Å². The predicted molar refractivity (Wildman–Crippen MR) is 130 cm³/mol. The number of benzene rings is 1. The van der Waals surface area contributed by atoms with Crippen LogP contribution in [0.4, 0.5) is 0 Å². The SMILES string of the molecule is C=C/C(C)=C/C[C@H]1C=C[C@H](O)[C@@H](COS(=O)(=O)c2c(CC)cc(C(C)C)cc2C(C)C)O1. The molecular weight excluding hydrogens is 424 g/mol. The van der Waals surface area contributed by atoms with E-state index in [9.17, 15) is 13.5 Å². The van der Waals surface area contributed by atoms with Crippen molar-refractivity contribution in [3.63, 3.8) is 0 Å². The smallest absolute Gasteiger partial charge is 0.297 e. The Morgan fingerprint density at radius 2 is 1.91 bits per heavy atom. The van der Waals surface area contributed by atoms with E-state index >= 15 is 0 Å². The molecule has 0 saturated heterocycles. The summed E-state index contributed by atoms with van der Waals surface area (Å²) in [4.78, 5) is 0.251. The molecule has 0 amide bonds. The van der Waals surface area contributed by atoms with E-state index < -0.39 is 22.3 Å². The van der Waals surface area contributed by atoms with Crippen LogP contribution in [0.1, 0.15) is 76.5 Å². The van der Waals surface area contributed by atoms with Crippen LogP contribution in [0.3, 0.4) is 0 Å². The van der Waals surface area contributed by atoms with Crippen LogP contribution in [0.5, 0.6) is 0 Å². The van der Waals surface area contributed by atoms with E-state index in [0.29, 0.717) is 18.8 Å². The summed E-state index contributed by atoms with van der Waals surface area (Å²) in [5, 5.41) is 10.3. The van der Waals surface area contributed by atoms with Gasteiger partial charge in [-0.05, 0) is 48.3 Å². The molecule has 5 nitrogen and oxygen atoms in total.